The van der Waals surface area contributed by atoms with Crippen molar-refractivity contribution in [3.8, 4) is 17.1 Å². The summed E-state index contributed by atoms with van der Waals surface area (Å²) in [6, 6.07) is 7.02. The summed E-state index contributed by atoms with van der Waals surface area (Å²) >= 11 is 0. The molecule has 1 heterocycles. The Morgan fingerprint density at radius 2 is 2.00 bits per heavy atom. The molecule has 0 spiro atoms. The van der Waals surface area contributed by atoms with Crippen LogP contribution in [0.25, 0.3) is 11.4 Å². The third-order valence-corrected chi connectivity index (χ3v) is 1.85. The van der Waals surface area contributed by atoms with Crippen LogP contribution in [0, 0.1) is 0 Å². The Balaban J connectivity index is 2.33. The van der Waals surface area contributed by atoms with Gasteiger partial charge in [-0.2, -0.15) is 0 Å². The van der Waals surface area contributed by atoms with Crippen molar-refractivity contribution in [1.82, 2.24) is 15.0 Å². The highest BCUT2D eigenvalue weighted by atomic mass is 16.5. The van der Waals surface area contributed by atoms with Crippen molar-refractivity contribution < 1.29 is 9.53 Å². The SMILES string of the molecule is CC(=O)Oc1cccc(-c2ncncn2)c1. The number of aromatic nitrogens is 3. The van der Waals surface area contributed by atoms with Crippen LogP contribution in [-0.2, 0) is 4.79 Å². The van der Waals surface area contributed by atoms with Crippen molar-refractivity contribution in [2.45, 2.75) is 6.92 Å². The van der Waals surface area contributed by atoms with E-state index in [-0.39, 0.29) is 5.97 Å². The van der Waals surface area contributed by atoms with E-state index in [1.807, 2.05) is 6.07 Å². The highest BCUT2D eigenvalue weighted by Crippen LogP contribution is 2.20. The number of nitrogens with zero attached hydrogens (tertiary/aromatic N) is 3. The van der Waals surface area contributed by atoms with Gasteiger partial charge in [0.05, 0.1) is 0 Å². The van der Waals surface area contributed by atoms with Gasteiger partial charge in [-0.1, -0.05) is 12.1 Å². The van der Waals surface area contributed by atoms with Gasteiger partial charge in [-0.3, -0.25) is 4.79 Å². The van der Waals surface area contributed by atoms with Gasteiger partial charge in [-0.15, -0.1) is 0 Å². The van der Waals surface area contributed by atoms with Gasteiger partial charge in [-0.25, -0.2) is 15.0 Å². The van der Waals surface area contributed by atoms with E-state index in [0.717, 1.165) is 5.56 Å². The van der Waals surface area contributed by atoms with Gasteiger partial charge in [0, 0.05) is 12.5 Å². The quantitative estimate of drug-likeness (QED) is 0.560. The molecule has 1 aromatic heterocycles. The summed E-state index contributed by atoms with van der Waals surface area (Å²) in [7, 11) is 0. The number of hydrogen-bond donors (Lipinski definition) is 0. The Bertz CT molecular complexity index is 500. The summed E-state index contributed by atoms with van der Waals surface area (Å²) in [6.45, 7) is 1.36. The lowest BCUT2D eigenvalue weighted by Crippen LogP contribution is -2.01. The van der Waals surface area contributed by atoms with Crippen LogP contribution in [0.15, 0.2) is 36.9 Å². The average molecular weight is 215 g/mol. The molecule has 2 aromatic rings. The zero-order chi connectivity index (χ0) is 11.4. The first-order chi connectivity index (χ1) is 7.75. The zero-order valence-electron chi connectivity index (χ0n) is 8.62. The molecule has 2 rings (SSSR count). The van der Waals surface area contributed by atoms with Gasteiger partial charge < -0.3 is 4.74 Å². The number of hydrogen-bond acceptors (Lipinski definition) is 5. The van der Waals surface area contributed by atoms with E-state index in [4.69, 9.17) is 4.74 Å². The first-order valence-corrected chi connectivity index (χ1v) is 4.66. The fourth-order valence-corrected chi connectivity index (χ4v) is 1.25. The molecular formula is C11H9N3O2. The van der Waals surface area contributed by atoms with E-state index in [1.165, 1.54) is 19.6 Å². The Hall–Kier alpha value is -2.30. The molecule has 1 aromatic carbocycles. The summed E-state index contributed by atoms with van der Waals surface area (Å²) in [5.41, 5.74) is 0.779. The van der Waals surface area contributed by atoms with Crippen LogP contribution >= 0.6 is 0 Å². The van der Waals surface area contributed by atoms with E-state index in [0.29, 0.717) is 11.6 Å². The van der Waals surface area contributed by atoms with Crippen LogP contribution in [0.5, 0.6) is 5.75 Å². The van der Waals surface area contributed by atoms with E-state index in [1.54, 1.807) is 18.2 Å². The highest BCUT2D eigenvalue weighted by molar-refractivity contribution is 5.70. The Morgan fingerprint density at radius 1 is 1.25 bits per heavy atom. The maximum atomic E-state index is 10.8. The molecular weight excluding hydrogens is 206 g/mol. The molecule has 80 valence electrons. The number of carbonyl (C=O) groups excluding carboxylic acids is 1. The van der Waals surface area contributed by atoms with Crippen LogP contribution in [0.1, 0.15) is 6.92 Å². The van der Waals surface area contributed by atoms with Gasteiger partial charge in [0.25, 0.3) is 0 Å². The predicted molar refractivity (Wildman–Crippen MR) is 56.6 cm³/mol. The van der Waals surface area contributed by atoms with Crippen molar-refractivity contribution in [3.05, 3.63) is 36.9 Å². The Labute approximate surface area is 92.2 Å². The molecule has 5 nitrogen and oxygen atoms in total. The zero-order valence-corrected chi connectivity index (χ0v) is 8.62. The van der Waals surface area contributed by atoms with E-state index >= 15 is 0 Å². The topological polar surface area (TPSA) is 65.0 Å². The molecule has 0 bridgehead atoms. The number of ether oxygens (including phenoxy) is 1. The smallest absolute Gasteiger partial charge is 0.308 e. The predicted octanol–water partition coefficient (Wildman–Crippen LogP) is 1.46. The summed E-state index contributed by atoms with van der Waals surface area (Å²) in [5, 5.41) is 0. The number of esters is 1. The maximum absolute atomic E-state index is 10.8. The molecule has 0 aliphatic carbocycles. The second-order valence-electron chi connectivity index (χ2n) is 3.08. The molecule has 0 aliphatic heterocycles. The van der Waals surface area contributed by atoms with E-state index in [2.05, 4.69) is 15.0 Å². The first-order valence-electron chi connectivity index (χ1n) is 4.66. The Morgan fingerprint density at radius 3 is 2.69 bits per heavy atom. The number of benzene rings is 1. The maximum Gasteiger partial charge on any atom is 0.308 e. The summed E-state index contributed by atoms with van der Waals surface area (Å²) < 4.78 is 4.97. The molecule has 0 fully saturated rings. The molecule has 5 heteroatoms. The summed E-state index contributed by atoms with van der Waals surface area (Å²) in [6.07, 6.45) is 2.83. The van der Waals surface area contributed by atoms with Gasteiger partial charge in [0.15, 0.2) is 5.82 Å². The lowest BCUT2D eigenvalue weighted by molar-refractivity contribution is -0.131. The monoisotopic (exact) mass is 215 g/mol. The molecule has 0 amide bonds. The van der Waals surface area contributed by atoms with Crippen molar-refractivity contribution in [3.63, 3.8) is 0 Å². The number of rotatable bonds is 2. The minimum absolute atomic E-state index is 0.354. The van der Waals surface area contributed by atoms with Crippen molar-refractivity contribution >= 4 is 5.97 Å². The third kappa shape index (κ3) is 2.38. The Kier molecular flexibility index (Phi) is 2.86. The van der Waals surface area contributed by atoms with Crippen LogP contribution < -0.4 is 4.74 Å². The van der Waals surface area contributed by atoms with Crippen molar-refractivity contribution in [2.75, 3.05) is 0 Å². The van der Waals surface area contributed by atoms with Crippen LogP contribution in [-0.4, -0.2) is 20.9 Å². The molecule has 0 saturated carbocycles. The van der Waals surface area contributed by atoms with E-state index in [9.17, 15) is 4.79 Å². The standard InChI is InChI=1S/C11H9N3O2/c1-8(15)16-10-4-2-3-9(5-10)11-13-6-12-7-14-11/h2-7H,1H3. The third-order valence-electron chi connectivity index (χ3n) is 1.85. The van der Waals surface area contributed by atoms with Gasteiger partial charge in [-0.05, 0) is 12.1 Å². The normalized spacial score (nSPS) is 9.81. The van der Waals surface area contributed by atoms with Crippen molar-refractivity contribution in [1.29, 1.82) is 0 Å². The van der Waals surface area contributed by atoms with Gasteiger partial charge >= 0.3 is 5.97 Å². The lowest BCUT2D eigenvalue weighted by atomic mass is 10.2. The molecule has 0 atom stereocenters. The summed E-state index contributed by atoms with van der Waals surface area (Å²) in [5.74, 6) is 0.669. The first kappa shape index (κ1) is 10.2. The van der Waals surface area contributed by atoms with Crippen LogP contribution in [0.2, 0.25) is 0 Å². The van der Waals surface area contributed by atoms with Crippen molar-refractivity contribution in [2.24, 2.45) is 0 Å². The number of carbonyl (C=O) groups is 1. The lowest BCUT2D eigenvalue weighted by Gasteiger charge is -2.03. The molecule has 0 radical (unpaired) electrons. The van der Waals surface area contributed by atoms with Gasteiger partial charge in [0.1, 0.15) is 18.4 Å². The van der Waals surface area contributed by atoms with Gasteiger partial charge in [0.2, 0.25) is 0 Å². The van der Waals surface area contributed by atoms with E-state index < -0.39 is 0 Å². The minimum atomic E-state index is -0.354. The summed E-state index contributed by atoms with van der Waals surface area (Å²) in [4.78, 5) is 22.5. The fraction of sp³-hybridized carbons (Fsp3) is 0.0909. The molecule has 0 N–H and O–H groups in total. The molecule has 0 unspecified atom stereocenters. The minimum Gasteiger partial charge on any atom is -0.427 e. The van der Waals surface area contributed by atoms with Crippen LogP contribution in [0.4, 0.5) is 0 Å². The van der Waals surface area contributed by atoms with Crippen LogP contribution in [0.3, 0.4) is 0 Å². The molecule has 0 aliphatic rings. The second kappa shape index (κ2) is 4.48. The molecule has 16 heavy (non-hydrogen) atoms. The second-order valence-corrected chi connectivity index (χ2v) is 3.08. The largest absolute Gasteiger partial charge is 0.427 e. The average Bonchev–Trinajstić information content (AvgIpc) is 2.30. The molecule has 0 saturated heterocycles. The highest BCUT2D eigenvalue weighted by Gasteiger charge is 2.03. The fourth-order valence-electron chi connectivity index (χ4n) is 1.25.